The molecule has 0 saturated carbocycles. The van der Waals surface area contributed by atoms with Crippen LogP contribution < -0.4 is 11.1 Å². The minimum Gasteiger partial charge on any atom is -0.398 e. The van der Waals surface area contributed by atoms with E-state index in [-0.39, 0.29) is 0 Å². The van der Waals surface area contributed by atoms with Crippen molar-refractivity contribution in [1.82, 2.24) is 0 Å². The van der Waals surface area contributed by atoms with Gasteiger partial charge in [0, 0.05) is 16.3 Å². The van der Waals surface area contributed by atoms with Gasteiger partial charge in [-0.15, -0.1) is 11.3 Å². The van der Waals surface area contributed by atoms with Gasteiger partial charge in [-0.05, 0) is 29.1 Å². The lowest BCUT2D eigenvalue weighted by molar-refractivity contribution is 1.19. The van der Waals surface area contributed by atoms with Gasteiger partial charge in [0.05, 0.1) is 19.0 Å². The minimum absolute atomic E-state index is 0.457. The molecule has 0 radical (unpaired) electrons. The summed E-state index contributed by atoms with van der Waals surface area (Å²) in [4.78, 5) is 1.14. The average Bonchev–Trinajstić information content (AvgIpc) is 2.75. The highest BCUT2D eigenvalue weighted by Crippen LogP contribution is 2.20. The Bertz CT molecular complexity index is 522. The lowest BCUT2D eigenvalue weighted by Gasteiger charge is -2.06. The van der Waals surface area contributed by atoms with Gasteiger partial charge in [0.2, 0.25) is 0 Å². The van der Waals surface area contributed by atoms with E-state index in [0.717, 1.165) is 28.4 Å². The first-order valence-corrected chi connectivity index (χ1v) is 6.19. The summed E-state index contributed by atoms with van der Waals surface area (Å²) in [5.41, 5.74) is 8.72. The molecule has 3 N–H and O–H groups in total. The summed E-state index contributed by atoms with van der Waals surface area (Å²) in [7, 11) is 0. The molecule has 2 rings (SSSR count). The van der Waals surface area contributed by atoms with Crippen LogP contribution in [0, 0.1) is 11.3 Å². The van der Waals surface area contributed by atoms with Gasteiger partial charge in [0.1, 0.15) is 0 Å². The van der Waals surface area contributed by atoms with Crippen molar-refractivity contribution in [3.05, 3.63) is 46.2 Å². The number of nitrogens with two attached hydrogens (primary N) is 1. The zero-order valence-electron chi connectivity index (χ0n) is 9.31. The van der Waals surface area contributed by atoms with E-state index in [4.69, 9.17) is 11.0 Å². The molecule has 0 aliphatic carbocycles. The lowest BCUT2D eigenvalue weighted by atomic mass is 10.1. The number of nitriles is 1. The monoisotopic (exact) mass is 243 g/mol. The number of hydrogen-bond acceptors (Lipinski definition) is 4. The maximum Gasteiger partial charge on any atom is 0.0669 e. The molecular formula is C13H13N3S. The summed E-state index contributed by atoms with van der Waals surface area (Å²) < 4.78 is 0. The molecule has 0 aliphatic rings. The highest BCUT2D eigenvalue weighted by Gasteiger charge is 2.00. The van der Waals surface area contributed by atoms with Crippen molar-refractivity contribution in [2.75, 3.05) is 11.1 Å². The molecule has 0 unspecified atom stereocenters. The second-order valence-electron chi connectivity index (χ2n) is 3.68. The Morgan fingerprint density at radius 2 is 2.00 bits per heavy atom. The van der Waals surface area contributed by atoms with Gasteiger partial charge in [-0.25, -0.2) is 0 Å². The molecule has 0 fully saturated rings. The number of hydrogen-bond donors (Lipinski definition) is 2. The summed E-state index contributed by atoms with van der Waals surface area (Å²) in [5.74, 6) is 0. The zero-order chi connectivity index (χ0) is 12.1. The smallest absolute Gasteiger partial charge is 0.0669 e. The van der Waals surface area contributed by atoms with Gasteiger partial charge in [-0.3, -0.25) is 0 Å². The van der Waals surface area contributed by atoms with Gasteiger partial charge in [-0.1, -0.05) is 12.1 Å². The number of anilines is 2. The first kappa shape index (κ1) is 11.5. The number of benzene rings is 1. The molecule has 0 bridgehead atoms. The Hall–Kier alpha value is -1.99. The summed E-state index contributed by atoms with van der Waals surface area (Å²) in [6, 6.07) is 11.9. The van der Waals surface area contributed by atoms with Crippen LogP contribution in [0.2, 0.25) is 0 Å². The highest BCUT2D eigenvalue weighted by molar-refractivity contribution is 7.10. The second kappa shape index (κ2) is 5.37. The minimum atomic E-state index is 0.457. The van der Waals surface area contributed by atoms with Crippen LogP contribution >= 0.6 is 11.3 Å². The number of nitrogens with zero attached hydrogens (tertiary/aromatic N) is 1. The van der Waals surface area contributed by atoms with Gasteiger partial charge >= 0.3 is 0 Å². The van der Waals surface area contributed by atoms with Crippen LogP contribution in [-0.2, 0) is 13.0 Å². The molecule has 0 spiro atoms. The molecule has 4 heteroatoms. The molecule has 0 amide bonds. The standard InChI is InChI=1S/C13H13N3S/c14-7-5-10-1-3-11(4-2-10)16-9-13-12(15)6-8-17-13/h1-4,6,8,16H,5,9,15H2. The maximum absolute atomic E-state index is 8.57. The van der Waals surface area contributed by atoms with E-state index in [2.05, 4.69) is 11.4 Å². The Morgan fingerprint density at radius 3 is 2.59 bits per heavy atom. The van der Waals surface area contributed by atoms with Crippen molar-refractivity contribution in [3.8, 4) is 6.07 Å². The third kappa shape index (κ3) is 2.99. The van der Waals surface area contributed by atoms with E-state index in [0.29, 0.717) is 6.42 Å². The molecule has 0 atom stereocenters. The third-order valence-electron chi connectivity index (χ3n) is 2.47. The van der Waals surface area contributed by atoms with Crippen LogP contribution in [0.4, 0.5) is 11.4 Å². The Balaban J connectivity index is 1.96. The van der Waals surface area contributed by atoms with E-state index in [1.165, 1.54) is 0 Å². The van der Waals surface area contributed by atoms with Crippen LogP contribution in [-0.4, -0.2) is 0 Å². The molecule has 2 aromatic rings. The summed E-state index contributed by atoms with van der Waals surface area (Å²) in [5, 5.41) is 13.9. The third-order valence-corrected chi connectivity index (χ3v) is 3.41. The Morgan fingerprint density at radius 1 is 1.24 bits per heavy atom. The molecule has 1 heterocycles. The number of rotatable bonds is 4. The average molecular weight is 243 g/mol. The largest absolute Gasteiger partial charge is 0.398 e. The van der Waals surface area contributed by atoms with Crippen LogP contribution in [0.15, 0.2) is 35.7 Å². The molecule has 17 heavy (non-hydrogen) atoms. The molecular weight excluding hydrogens is 230 g/mol. The van der Waals surface area contributed by atoms with Crippen molar-refractivity contribution >= 4 is 22.7 Å². The first-order chi connectivity index (χ1) is 8.29. The van der Waals surface area contributed by atoms with E-state index >= 15 is 0 Å². The van der Waals surface area contributed by atoms with Crippen molar-refractivity contribution in [2.45, 2.75) is 13.0 Å². The summed E-state index contributed by atoms with van der Waals surface area (Å²) in [6.07, 6.45) is 0.457. The van der Waals surface area contributed by atoms with Gasteiger partial charge in [0.15, 0.2) is 0 Å². The van der Waals surface area contributed by atoms with Gasteiger partial charge in [0.25, 0.3) is 0 Å². The van der Waals surface area contributed by atoms with Crippen molar-refractivity contribution in [3.63, 3.8) is 0 Å². The highest BCUT2D eigenvalue weighted by atomic mass is 32.1. The SMILES string of the molecule is N#CCc1ccc(NCc2sccc2N)cc1. The summed E-state index contributed by atoms with van der Waals surface area (Å²) >= 11 is 1.65. The fraction of sp³-hybridized carbons (Fsp3) is 0.154. The topological polar surface area (TPSA) is 61.8 Å². The predicted octanol–water partition coefficient (Wildman–Crippen LogP) is 3.01. The van der Waals surface area contributed by atoms with Crippen molar-refractivity contribution < 1.29 is 0 Å². The zero-order valence-corrected chi connectivity index (χ0v) is 10.1. The molecule has 0 aliphatic heterocycles. The fourth-order valence-corrected chi connectivity index (χ4v) is 2.25. The molecule has 86 valence electrons. The van der Waals surface area contributed by atoms with E-state index in [1.807, 2.05) is 35.7 Å². The lowest BCUT2D eigenvalue weighted by Crippen LogP contribution is -1.99. The van der Waals surface area contributed by atoms with Crippen LogP contribution in [0.5, 0.6) is 0 Å². The predicted molar refractivity (Wildman–Crippen MR) is 71.8 cm³/mol. The molecule has 1 aromatic carbocycles. The van der Waals surface area contributed by atoms with Gasteiger partial charge < -0.3 is 11.1 Å². The van der Waals surface area contributed by atoms with Crippen molar-refractivity contribution in [1.29, 1.82) is 5.26 Å². The first-order valence-electron chi connectivity index (χ1n) is 5.31. The Labute approximate surface area is 105 Å². The molecule has 1 aromatic heterocycles. The van der Waals surface area contributed by atoms with Crippen LogP contribution in [0.1, 0.15) is 10.4 Å². The fourth-order valence-electron chi connectivity index (χ4n) is 1.51. The van der Waals surface area contributed by atoms with Crippen LogP contribution in [0.25, 0.3) is 0 Å². The molecule has 3 nitrogen and oxygen atoms in total. The molecule has 0 saturated heterocycles. The second-order valence-corrected chi connectivity index (χ2v) is 4.69. The Kier molecular flexibility index (Phi) is 3.63. The number of nitrogen functional groups attached to an aromatic ring is 1. The normalized spacial score (nSPS) is 9.82. The maximum atomic E-state index is 8.57. The van der Waals surface area contributed by atoms with Gasteiger partial charge in [-0.2, -0.15) is 5.26 Å². The van der Waals surface area contributed by atoms with E-state index < -0.39 is 0 Å². The number of nitrogens with one attached hydrogen (secondary N) is 1. The van der Waals surface area contributed by atoms with E-state index in [1.54, 1.807) is 11.3 Å². The van der Waals surface area contributed by atoms with Crippen molar-refractivity contribution in [2.24, 2.45) is 0 Å². The van der Waals surface area contributed by atoms with Crippen LogP contribution in [0.3, 0.4) is 0 Å². The summed E-state index contributed by atoms with van der Waals surface area (Å²) in [6.45, 7) is 0.737. The quantitative estimate of drug-likeness (QED) is 0.867. The number of thiophene rings is 1. The van der Waals surface area contributed by atoms with E-state index in [9.17, 15) is 0 Å².